The monoisotopic (exact) mass is 247 g/mol. The van der Waals surface area contributed by atoms with E-state index in [-0.39, 0.29) is 6.61 Å². The van der Waals surface area contributed by atoms with E-state index in [1.807, 2.05) is 24.3 Å². The van der Waals surface area contributed by atoms with Gasteiger partial charge < -0.3 is 15.2 Å². The summed E-state index contributed by atoms with van der Waals surface area (Å²) in [6, 6.07) is 7.90. The average molecular weight is 247 g/mol. The molecule has 1 unspecified atom stereocenters. The zero-order valence-electron chi connectivity index (χ0n) is 10.6. The maximum absolute atomic E-state index is 8.67. The lowest BCUT2D eigenvalue weighted by Crippen LogP contribution is -2.15. The van der Waals surface area contributed by atoms with E-state index in [0.29, 0.717) is 6.61 Å². The van der Waals surface area contributed by atoms with Crippen molar-refractivity contribution in [2.24, 2.45) is 5.92 Å². The molecule has 0 saturated heterocycles. The highest BCUT2D eigenvalue weighted by molar-refractivity contribution is 5.46. The molecule has 1 aliphatic rings. The number of hydrogen-bond donors (Lipinski definition) is 2. The van der Waals surface area contributed by atoms with Crippen LogP contribution in [0.3, 0.4) is 0 Å². The number of hydrogen-bond acceptors (Lipinski definition) is 3. The molecule has 0 fully saturated rings. The molecule has 1 atom stereocenters. The maximum Gasteiger partial charge on any atom is 0.119 e. The minimum Gasteiger partial charge on any atom is -0.491 e. The van der Waals surface area contributed by atoms with Gasteiger partial charge in [0.2, 0.25) is 0 Å². The molecule has 2 rings (SSSR count). The van der Waals surface area contributed by atoms with E-state index in [4.69, 9.17) is 9.84 Å². The lowest BCUT2D eigenvalue weighted by atomic mass is 9.94. The molecule has 0 aromatic heterocycles. The summed E-state index contributed by atoms with van der Waals surface area (Å²) in [5, 5.41) is 12.1. The van der Waals surface area contributed by atoms with Gasteiger partial charge in [0.15, 0.2) is 0 Å². The molecule has 3 nitrogen and oxygen atoms in total. The number of rotatable bonds is 6. The molecule has 0 heterocycles. The predicted octanol–water partition coefficient (Wildman–Crippen LogP) is 2.83. The van der Waals surface area contributed by atoms with Crippen LogP contribution >= 0.6 is 0 Å². The van der Waals surface area contributed by atoms with Gasteiger partial charge >= 0.3 is 0 Å². The number of anilines is 1. The van der Waals surface area contributed by atoms with Crippen molar-refractivity contribution in [1.82, 2.24) is 0 Å². The zero-order chi connectivity index (χ0) is 12.6. The molecule has 3 heteroatoms. The maximum atomic E-state index is 8.67. The summed E-state index contributed by atoms with van der Waals surface area (Å²) in [4.78, 5) is 0. The molecule has 2 N–H and O–H groups in total. The molecule has 98 valence electrons. The summed E-state index contributed by atoms with van der Waals surface area (Å²) in [5.74, 6) is 1.55. The van der Waals surface area contributed by atoms with Crippen LogP contribution in [0.5, 0.6) is 5.75 Å². The van der Waals surface area contributed by atoms with Crippen LogP contribution in [0.25, 0.3) is 0 Å². The van der Waals surface area contributed by atoms with Crippen LogP contribution in [0.1, 0.15) is 19.3 Å². The topological polar surface area (TPSA) is 41.5 Å². The molecule has 0 bridgehead atoms. The first kappa shape index (κ1) is 13.0. The van der Waals surface area contributed by atoms with Crippen molar-refractivity contribution < 1.29 is 9.84 Å². The van der Waals surface area contributed by atoms with Gasteiger partial charge in [0.1, 0.15) is 12.4 Å². The van der Waals surface area contributed by atoms with Crippen LogP contribution in [-0.4, -0.2) is 24.9 Å². The fraction of sp³-hybridized carbons (Fsp3) is 0.467. The largest absolute Gasteiger partial charge is 0.491 e. The summed E-state index contributed by atoms with van der Waals surface area (Å²) in [7, 11) is 0. The van der Waals surface area contributed by atoms with Gasteiger partial charge in [0, 0.05) is 12.2 Å². The third-order valence-electron chi connectivity index (χ3n) is 3.19. The van der Waals surface area contributed by atoms with Crippen LogP contribution in [0.4, 0.5) is 5.69 Å². The third kappa shape index (κ3) is 4.08. The fourth-order valence-corrected chi connectivity index (χ4v) is 2.14. The van der Waals surface area contributed by atoms with Gasteiger partial charge in [-0.25, -0.2) is 0 Å². The van der Waals surface area contributed by atoms with E-state index in [1.165, 1.54) is 19.3 Å². The SMILES string of the molecule is OCCOc1ccc(NCC2CC=CCC2)cc1. The van der Waals surface area contributed by atoms with Gasteiger partial charge in [0.05, 0.1) is 6.61 Å². The number of allylic oxidation sites excluding steroid dienone is 2. The Hall–Kier alpha value is -1.48. The summed E-state index contributed by atoms with van der Waals surface area (Å²) in [6.45, 7) is 1.43. The highest BCUT2D eigenvalue weighted by Gasteiger charge is 2.09. The summed E-state index contributed by atoms with van der Waals surface area (Å²) in [5.41, 5.74) is 1.13. The molecule has 0 spiro atoms. The number of aliphatic hydroxyl groups excluding tert-OH is 1. The van der Waals surface area contributed by atoms with Crippen molar-refractivity contribution in [1.29, 1.82) is 0 Å². The minimum absolute atomic E-state index is 0.0508. The molecule has 1 aromatic carbocycles. The van der Waals surface area contributed by atoms with E-state index < -0.39 is 0 Å². The molecule has 0 radical (unpaired) electrons. The number of ether oxygens (including phenoxy) is 1. The first-order chi connectivity index (χ1) is 8.88. The molecule has 18 heavy (non-hydrogen) atoms. The Kier molecular flexibility index (Phi) is 5.09. The van der Waals surface area contributed by atoms with Crippen LogP contribution in [-0.2, 0) is 0 Å². The van der Waals surface area contributed by atoms with Crippen LogP contribution < -0.4 is 10.1 Å². The van der Waals surface area contributed by atoms with Gasteiger partial charge in [-0.3, -0.25) is 0 Å². The normalized spacial score (nSPS) is 18.6. The lowest BCUT2D eigenvalue weighted by Gasteiger charge is -2.18. The summed E-state index contributed by atoms with van der Waals surface area (Å²) < 4.78 is 5.32. The van der Waals surface area contributed by atoms with Crippen molar-refractivity contribution in [2.75, 3.05) is 25.1 Å². The van der Waals surface area contributed by atoms with E-state index in [2.05, 4.69) is 17.5 Å². The lowest BCUT2D eigenvalue weighted by molar-refractivity contribution is 0.201. The average Bonchev–Trinajstić information content (AvgIpc) is 2.45. The second-order valence-corrected chi connectivity index (χ2v) is 4.63. The van der Waals surface area contributed by atoms with Crippen LogP contribution in [0, 0.1) is 5.92 Å². The summed E-state index contributed by atoms with van der Waals surface area (Å²) >= 11 is 0. The highest BCUT2D eigenvalue weighted by Crippen LogP contribution is 2.20. The Labute approximate surface area is 108 Å². The Morgan fingerprint density at radius 1 is 1.22 bits per heavy atom. The van der Waals surface area contributed by atoms with Crippen molar-refractivity contribution in [3.63, 3.8) is 0 Å². The van der Waals surface area contributed by atoms with Gasteiger partial charge in [0.25, 0.3) is 0 Å². The molecular formula is C15H21NO2. The van der Waals surface area contributed by atoms with Crippen molar-refractivity contribution in [3.05, 3.63) is 36.4 Å². The Bertz CT molecular complexity index is 373. The van der Waals surface area contributed by atoms with E-state index in [1.54, 1.807) is 0 Å². The third-order valence-corrected chi connectivity index (χ3v) is 3.19. The van der Waals surface area contributed by atoms with E-state index >= 15 is 0 Å². The fourth-order valence-electron chi connectivity index (χ4n) is 2.14. The molecule has 1 aromatic rings. The highest BCUT2D eigenvalue weighted by atomic mass is 16.5. The molecule has 0 saturated carbocycles. The Balaban J connectivity index is 1.77. The van der Waals surface area contributed by atoms with Gasteiger partial charge in [-0.05, 0) is 49.4 Å². The number of benzene rings is 1. The second-order valence-electron chi connectivity index (χ2n) is 4.63. The standard InChI is InChI=1S/C15H21NO2/c17-10-11-18-15-8-6-14(7-9-15)16-12-13-4-2-1-3-5-13/h1-2,6-9,13,16-17H,3-5,10-12H2. The second kappa shape index (κ2) is 7.07. The quantitative estimate of drug-likeness (QED) is 0.759. The Morgan fingerprint density at radius 2 is 2.06 bits per heavy atom. The van der Waals surface area contributed by atoms with Gasteiger partial charge in [-0.15, -0.1) is 0 Å². The molecule has 0 aliphatic heterocycles. The van der Waals surface area contributed by atoms with Gasteiger partial charge in [-0.1, -0.05) is 12.2 Å². The minimum atomic E-state index is 0.0508. The number of nitrogens with one attached hydrogen (secondary N) is 1. The van der Waals surface area contributed by atoms with Crippen LogP contribution in [0.15, 0.2) is 36.4 Å². The molecular weight excluding hydrogens is 226 g/mol. The predicted molar refractivity (Wildman–Crippen MR) is 74.0 cm³/mol. The van der Waals surface area contributed by atoms with Gasteiger partial charge in [-0.2, -0.15) is 0 Å². The van der Waals surface area contributed by atoms with Crippen molar-refractivity contribution >= 4 is 5.69 Å². The smallest absolute Gasteiger partial charge is 0.119 e. The van der Waals surface area contributed by atoms with E-state index in [0.717, 1.165) is 23.9 Å². The van der Waals surface area contributed by atoms with E-state index in [9.17, 15) is 0 Å². The first-order valence-electron chi connectivity index (χ1n) is 6.61. The number of aliphatic hydroxyl groups is 1. The van der Waals surface area contributed by atoms with Crippen molar-refractivity contribution in [3.8, 4) is 5.75 Å². The molecule has 1 aliphatic carbocycles. The zero-order valence-corrected chi connectivity index (χ0v) is 10.6. The van der Waals surface area contributed by atoms with Crippen molar-refractivity contribution in [2.45, 2.75) is 19.3 Å². The molecule has 0 amide bonds. The first-order valence-corrected chi connectivity index (χ1v) is 6.61. The van der Waals surface area contributed by atoms with Crippen LogP contribution in [0.2, 0.25) is 0 Å². The summed E-state index contributed by atoms with van der Waals surface area (Å²) in [6.07, 6.45) is 8.22. The Morgan fingerprint density at radius 3 is 2.72 bits per heavy atom.